The lowest BCUT2D eigenvalue weighted by molar-refractivity contribution is -0.132. The largest absolute Gasteiger partial charge is 0.507 e. The van der Waals surface area contributed by atoms with E-state index in [4.69, 9.17) is 14.2 Å². The molecule has 5 rings (SSSR count). The second-order valence-corrected chi connectivity index (χ2v) is 12.1. The molecule has 1 fully saturated rings. The maximum Gasteiger partial charge on any atom is 0.301 e. The number of anilines is 1. The molecule has 3 aromatic carbocycles. The monoisotopic (exact) mass is 649 g/mol. The molecule has 1 amide bonds. The molecule has 4 aromatic rings. The molecule has 1 atom stereocenters. The number of Topliss-reactive ketones (excluding diaryl/α,β-unsaturated/α-hetero) is 1. The van der Waals surface area contributed by atoms with Gasteiger partial charge in [0, 0.05) is 11.3 Å². The number of carbonyl (C=O) groups is 2. The number of aliphatic hydroxyl groups excluding tert-OH is 1. The van der Waals surface area contributed by atoms with Crippen molar-refractivity contribution >= 4 is 45.7 Å². The Morgan fingerprint density at radius 3 is 2.51 bits per heavy atom. The van der Waals surface area contributed by atoms with Crippen molar-refractivity contribution in [2.75, 3.05) is 25.2 Å². The molecule has 1 unspecified atom stereocenters. The summed E-state index contributed by atoms with van der Waals surface area (Å²) in [6.07, 6.45) is 1.82. The molecule has 1 aromatic heterocycles. The molecule has 12 heteroatoms. The topological polar surface area (TPSA) is 111 Å². The van der Waals surface area contributed by atoms with Crippen LogP contribution in [0.5, 0.6) is 17.2 Å². The quantitative estimate of drug-likeness (QED) is 0.0402. The van der Waals surface area contributed by atoms with Gasteiger partial charge >= 0.3 is 5.91 Å². The Morgan fingerprint density at radius 1 is 1.02 bits per heavy atom. The molecule has 1 N–H and O–H groups in total. The summed E-state index contributed by atoms with van der Waals surface area (Å²) in [6, 6.07) is 17.1. The zero-order valence-corrected chi connectivity index (χ0v) is 26.6. The van der Waals surface area contributed by atoms with Crippen LogP contribution in [-0.2, 0) is 15.3 Å². The standard InChI is InChI=1S/C33H32FN3O6S2/c1-4-6-17-43-25-16-13-21(18-26(25)41-3)28-27(29(38)20-11-14-23(15-12-20)42-5-2)30(39)31(40)37(28)32-35-36-33(45-32)44-19-22-9-7-8-10-24(22)34/h7-16,18,28,38H,4-6,17,19H2,1-3H3/b29-27-. The van der Waals surface area contributed by atoms with Crippen molar-refractivity contribution < 1.29 is 33.3 Å². The number of aromatic nitrogens is 2. The second kappa shape index (κ2) is 14.6. The number of rotatable bonds is 13. The van der Waals surface area contributed by atoms with Gasteiger partial charge in [0.2, 0.25) is 5.13 Å². The first kappa shape index (κ1) is 32.0. The first-order valence-corrected chi connectivity index (χ1v) is 16.2. The minimum absolute atomic E-state index is 0.110. The molecule has 9 nitrogen and oxygen atoms in total. The lowest BCUT2D eigenvalue weighted by Gasteiger charge is -2.23. The van der Waals surface area contributed by atoms with E-state index >= 15 is 0 Å². The Balaban J connectivity index is 1.55. The average molecular weight is 650 g/mol. The Hall–Kier alpha value is -4.42. The Kier molecular flexibility index (Phi) is 10.4. The summed E-state index contributed by atoms with van der Waals surface area (Å²) in [5.41, 5.74) is 1.23. The highest BCUT2D eigenvalue weighted by molar-refractivity contribution is 8.00. The maximum absolute atomic E-state index is 14.2. The number of halogens is 1. The number of hydrogen-bond donors (Lipinski definition) is 1. The van der Waals surface area contributed by atoms with Gasteiger partial charge in [0.15, 0.2) is 15.8 Å². The molecular formula is C33H32FN3O6S2. The maximum atomic E-state index is 14.2. The van der Waals surface area contributed by atoms with Crippen LogP contribution in [0.2, 0.25) is 0 Å². The van der Waals surface area contributed by atoms with Gasteiger partial charge < -0.3 is 19.3 Å². The Bertz CT molecular complexity index is 1710. The molecule has 0 aliphatic carbocycles. The fourth-order valence-electron chi connectivity index (χ4n) is 4.79. The van der Waals surface area contributed by atoms with Crippen molar-refractivity contribution in [3.05, 3.63) is 94.8 Å². The van der Waals surface area contributed by atoms with Crippen molar-refractivity contribution in [1.29, 1.82) is 0 Å². The van der Waals surface area contributed by atoms with E-state index in [1.165, 1.54) is 29.8 Å². The summed E-state index contributed by atoms with van der Waals surface area (Å²) >= 11 is 2.36. The first-order valence-electron chi connectivity index (χ1n) is 14.4. The lowest BCUT2D eigenvalue weighted by atomic mass is 9.95. The molecule has 234 valence electrons. The number of unbranched alkanes of at least 4 members (excludes halogenated alkanes) is 1. The van der Waals surface area contributed by atoms with Crippen LogP contribution in [0.1, 0.15) is 49.4 Å². The average Bonchev–Trinajstić information content (AvgIpc) is 3.62. The van der Waals surface area contributed by atoms with E-state index in [1.54, 1.807) is 60.7 Å². The van der Waals surface area contributed by atoms with Crippen molar-refractivity contribution in [3.8, 4) is 17.2 Å². The number of ketones is 1. The molecule has 0 bridgehead atoms. The summed E-state index contributed by atoms with van der Waals surface area (Å²) in [4.78, 5) is 28.5. The number of benzene rings is 3. The smallest absolute Gasteiger partial charge is 0.301 e. The fourth-order valence-corrected chi connectivity index (χ4v) is 6.64. The number of amides is 1. The van der Waals surface area contributed by atoms with Crippen molar-refractivity contribution in [2.45, 2.75) is 42.8 Å². The summed E-state index contributed by atoms with van der Waals surface area (Å²) in [5.74, 6) is -0.576. The van der Waals surface area contributed by atoms with Crippen LogP contribution in [-0.4, -0.2) is 47.3 Å². The van der Waals surface area contributed by atoms with Crippen LogP contribution in [0.15, 0.2) is 76.6 Å². The van der Waals surface area contributed by atoms with Crippen LogP contribution in [0, 0.1) is 5.82 Å². The van der Waals surface area contributed by atoms with Gasteiger partial charge in [0.05, 0.1) is 31.9 Å². The van der Waals surface area contributed by atoms with Gasteiger partial charge in [-0.3, -0.25) is 14.5 Å². The van der Waals surface area contributed by atoms with Gasteiger partial charge in [-0.15, -0.1) is 10.2 Å². The third-order valence-corrected chi connectivity index (χ3v) is 9.16. The van der Waals surface area contributed by atoms with Gasteiger partial charge in [-0.1, -0.05) is 60.7 Å². The molecule has 0 radical (unpaired) electrons. The molecule has 2 heterocycles. The summed E-state index contributed by atoms with van der Waals surface area (Å²) in [5, 5.41) is 20.1. The van der Waals surface area contributed by atoms with E-state index in [0.29, 0.717) is 57.2 Å². The van der Waals surface area contributed by atoms with Gasteiger partial charge in [-0.2, -0.15) is 0 Å². The number of aliphatic hydroxyl groups is 1. The number of hydrogen-bond acceptors (Lipinski definition) is 10. The molecule has 45 heavy (non-hydrogen) atoms. The molecule has 0 spiro atoms. The molecule has 1 aliphatic heterocycles. The number of thioether (sulfide) groups is 1. The van der Waals surface area contributed by atoms with E-state index in [2.05, 4.69) is 17.1 Å². The highest BCUT2D eigenvalue weighted by Gasteiger charge is 2.48. The van der Waals surface area contributed by atoms with Crippen LogP contribution in [0.4, 0.5) is 9.52 Å². The van der Waals surface area contributed by atoms with E-state index in [9.17, 15) is 19.1 Å². The number of methoxy groups -OCH3 is 1. The number of nitrogens with zero attached hydrogens (tertiary/aromatic N) is 3. The van der Waals surface area contributed by atoms with Crippen molar-refractivity contribution in [3.63, 3.8) is 0 Å². The van der Waals surface area contributed by atoms with E-state index in [1.807, 2.05) is 6.92 Å². The van der Waals surface area contributed by atoms with Gasteiger partial charge in [-0.05, 0) is 66.9 Å². The third-order valence-electron chi connectivity index (χ3n) is 7.05. The predicted octanol–water partition coefficient (Wildman–Crippen LogP) is 7.18. The van der Waals surface area contributed by atoms with E-state index < -0.39 is 17.7 Å². The van der Waals surface area contributed by atoms with Crippen LogP contribution in [0.3, 0.4) is 0 Å². The van der Waals surface area contributed by atoms with E-state index in [0.717, 1.165) is 24.2 Å². The van der Waals surface area contributed by atoms with Crippen molar-refractivity contribution in [2.24, 2.45) is 0 Å². The van der Waals surface area contributed by atoms with Crippen LogP contribution < -0.4 is 19.1 Å². The zero-order valence-electron chi connectivity index (χ0n) is 25.0. The van der Waals surface area contributed by atoms with E-state index in [-0.39, 0.29) is 22.3 Å². The lowest BCUT2D eigenvalue weighted by Crippen LogP contribution is -2.29. The van der Waals surface area contributed by atoms with Crippen LogP contribution in [0.25, 0.3) is 5.76 Å². The minimum Gasteiger partial charge on any atom is -0.507 e. The first-order chi connectivity index (χ1) is 21.9. The molecule has 0 saturated carbocycles. The summed E-state index contributed by atoms with van der Waals surface area (Å²) in [7, 11) is 1.51. The highest BCUT2D eigenvalue weighted by atomic mass is 32.2. The molecule has 1 saturated heterocycles. The number of carbonyl (C=O) groups excluding carboxylic acids is 2. The molecule has 1 aliphatic rings. The minimum atomic E-state index is -1.05. The third kappa shape index (κ3) is 6.97. The SMILES string of the molecule is CCCCOc1ccc(C2/C(=C(/O)c3ccc(OCC)cc3)C(=O)C(=O)N2c2nnc(SCc3ccccc3F)s2)cc1OC. The summed E-state index contributed by atoms with van der Waals surface area (Å²) in [6.45, 7) is 4.90. The van der Waals surface area contributed by atoms with Crippen molar-refractivity contribution in [1.82, 2.24) is 10.2 Å². The zero-order chi connectivity index (χ0) is 31.9. The normalized spacial score (nSPS) is 15.8. The van der Waals surface area contributed by atoms with Gasteiger partial charge in [0.25, 0.3) is 5.78 Å². The predicted molar refractivity (Wildman–Crippen MR) is 172 cm³/mol. The highest BCUT2D eigenvalue weighted by Crippen LogP contribution is 2.45. The summed E-state index contributed by atoms with van der Waals surface area (Å²) < 4.78 is 31.7. The van der Waals surface area contributed by atoms with Crippen LogP contribution >= 0.6 is 23.1 Å². The Labute approximate surface area is 268 Å². The van der Waals surface area contributed by atoms with Gasteiger partial charge in [-0.25, -0.2) is 4.39 Å². The second-order valence-electron chi connectivity index (χ2n) is 9.97. The molecular weight excluding hydrogens is 618 g/mol. The Morgan fingerprint density at radius 2 is 1.80 bits per heavy atom. The number of ether oxygens (including phenoxy) is 3. The fraction of sp³-hybridized carbons (Fsp3) is 0.273. The van der Waals surface area contributed by atoms with Gasteiger partial charge in [0.1, 0.15) is 17.3 Å².